The van der Waals surface area contributed by atoms with Crippen LogP contribution in [0.4, 0.5) is 0 Å². The zero-order chi connectivity index (χ0) is 79.0. The van der Waals surface area contributed by atoms with Gasteiger partial charge in [-0.15, -0.1) is 0 Å². The van der Waals surface area contributed by atoms with Crippen LogP contribution in [0.2, 0.25) is 0 Å². The van der Waals surface area contributed by atoms with Gasteiger partial charge in [-0.3, -0.25) is 37.3 Å². The minimum absolute atomic E-state index is 0.107. The maximum absolute atomic E-state index is 13.2. The van der Waals surface area contributed by atoms with Crippen LogP contribution in [0.1, 0.15) is 484 Å². The lowest BCUT2D eigenvalue weighted by Gasteiger charge is -2.21. The van der Waals surface area contributed by atoms with Crippen LogP contribution in [-0.2, 0) is 65.4 Å². The van der Waals surface area contributed by atoms with E-state index in [0.29, 0.717) is 25.7 Å². The lowest BCUT2D eigenvalue weighted by molar-refractivity contribution is -0.161. The van der Waals surface area contributed by atoms with Gasteiger partial charge in [-0.2, -0.15) is 0 Å². The third kappa shape index (κ3) is 82.1. The Morgan fingerprint density at radius 2 is 0.426 bits per heavy atom. The molecule has 0 aromatic carbocycles. The number of carbonyl (C=O) groups excluding carboxylic acids is 4. The molecule has 108 heavy (non-hydrogen) atoms. The summed E-state index contributed by atoms with van der Waals surface area (Å²) in [4.78, 5) is 73.3. The predicted octanol–water partition coefficient (Wildman–Crippen LogP) is 27.5. The maximum Gasteiger partial charge on any atom is 0.472 e. The quantitative estimate of drug-likeness (QED) is 0.0222. The first-order valence-electron chi connectivity index (χ1n) is 46.1. The molecule has 0 aromatic heterocycles. The van der Waals surface area contributed by atoms with Gasteiger partial charge in [-0.25, -0.2) is 9.13 Å². The summed E-state index contributed by atoms with van der Waals surface area (Å²) in [5.74, 6) is -1.35. The van der Waals surface area contributed by atoms with Gasteiger partial charge in [0.25, 0.3) is 0 Å². The topological polar surface area (TPSA) is 237 Å². The highest BCUT2D eigenvalue weighted by Crippen LogP contribution is 2.45. The van der Waals surface area contributed by atoms with Crippen molar-refractivity contribution in [1.29, 1.82) is 0 Å². The molecule has 2 unspecified atom stereocenters. The van der Waals surface area contributed by atoms with Crippen molar-refractivity contribution in [2.24, 2.45) is 5.92 Å². The second kappa shape index (κ2) is 81.6. The molecule has 0 spiro atoms. The zero-order valence-corrected chi connectivity index (χ0v) is 72.8. The first-order chi connectivity index (χ1) is 52.5. The fraction of sp³-hybridized carbons (Fsp3) is 0.955. The Morgan fingerprint density at radius 1 is 0.250 bits per heavy atom. The van der Waals surface area contributed by atoms with Crippen molar-refractivity contribution < 1.29 is 80.2 Å². The van der Waals surface area contributed by atoms with Crippen molar-refractivity contribution in [1.82, 2.24) is 0 Å². The van der Waals surface area contributed by atoms with Crippen molar-refractivity contribution in [2.45, 2.75) is 502 Å². The molecule has 0 aliphatic carbocycles. The minimum atomic E-state index is -4.97. The SMILES string of the molecule is CCCCCCCCCCCCCCCCCCCCCCCCC(=O)OC[C@H](COP(=O)(O)OC[C@@H](O)COP(=O)(O)OC[C@@H](COC(=O)CCCCCCCCCCCCC)OC(=O)CCCCCCCCCCCCC(C)C)OC(=O)CCCCCCCCCCCCCCCCCCCCCCCC. The third-order valence-corrected chi connectivity index (χ3v) is 22.9. The van der Waals surface area contributed by atoms with E-state index in [0.717, 1.165) is 95.8 Å². The van der Waals surface area contributed by atoms with Crippen LogP contribution in [0.15, 0.2) is 0 Å². The van der Waals surface area contributed by atoms with Crippen LogP contribution in [0.5, 0.6) is 0 Å². The summed E-state index contributed by atoms with van der Waals surface area (Å²) in [6.07, 6.45) is 76.6. The highest BCUT2D eigenvalue weighted by Gasteiger charge is 2.30. The molecule has 3 N–H and O–H groups in total. The number of phosphoric ester groups is 2. The summed E-state index contributed by atoms with van der Waals surface area (Å²) in [6, 6.07) is 0. The van der Waals surface area contributed by atoms with E-state index in [1.165, 1.54) is 308 Å². The molecule has 0 rings (SSSR count). The average molecular weight is 1580 g/mol. The Bertz CT molecular complexity index is 2050. The van der Waals surface area contributed by atoms with E-state index in [-0.39, 0.29) is 25.7 Å². The van der Waals surface area contributed by atoms with Crippen LogP contribution >= 0.6 is 15.6 Å². The molecule has 0 radical (unpaired) electrons. The average Bonchev–Trinajstić information content (AvgIpc) is 0.898. The molecule has 0 fully saturated rings. The Kier molecular flexibility index (Phi) is 80.2. The van der Waals surface area contributed by atoms with E-state index in [9.17, 15) is 43.2 Å². The van der Waals surface area contributed by atoms with Crippen LogP contribution < -0.4 is 0 Å². The van der Waals surface area contributed by atoms with E-state index in [4.69, 9.17) is 37.0 Å². The Morgan fingerprint density at radius 3 is 0.630 bits per heavy atom. The Labute approximate surface area is 664 Å². The molecule has 0 amide bonds. The van der Waals surface area contributed by atoms with Gasteiger partial charge in [0.05, 0.1) is 26.4 Å². The largest absolute Gasteiger partial charge is 0.472 e. The molecule has 0 saturated heterocycles. The van der Waals surface area contributed by atoms with E-state index in [1.807, 2.05) is 0 Å². The lowest BCUT2D eigenvalue weighted by atomic mass is 10.0. The van der Waals surface area contributed by atoms with Crippen molar-refractivity contribution in [3.63, 3.8) is 0 Å². The highest BCUT2D eigenvalue weighted by molar-refractivity contribution is 7.47. The van der Waals surface area contributed by atoms with E-state index >= 15 is 0 Å². The van der Waals surface area contributed by atoms with Gasteiger partial charge in [0.1, 0.15) is 19.3 Å². The normalized spacial score (nSPS) is 13.7. The summed E-state index contributed by atoms with van der Waals surface area (Å²) >= 11 is 0. The second-order valence-electron chi connectivity index (χ2n) is 32.5. The predicted molar refractivity (Wildman–Crippen MR) is 446 cm³/mol. The first-order valence-corrected chi connectivity index (χ1v) is 49.1. The molecule has 19 heteroatoms. The fourth-order valence-electron chi connectivity index (χ4n) is 14.0. The minimum Gasteiger partial charge on any atom is -0.462 e. The van der Waals surface area contributed by atoms with Gasteiger partial charge in [0.2, 0.25) is 0 Å². The number of hydrogen-bond acceptors (Lipinski definition) is 15. The third-order valence-electron chi connectivity index (χ3n) is 21.0. The molecule has 642 valence electrons. The lowest BCUT2D eigenvalue weighted by Crippen LogP contribution is -2.30. The molecular weight excluding hydrogens is 1400 g/mol. The smallest absolute Gasteiger partial charge is 0.462 e. The van der Waals surface area contributed by atoms with Gasteiger partial charge in [0.15, 0.2) is 12.2 Å². The van der Waals surface area contributed by atoms with Crippen molar-refractivity contribution in [3.8, 4) is 0 Å². The number of rotatable bonds is 89. The zero-order valence-electron chi connectivity index (χ0n) is 71.0. The summed E-state index contributed by atoms with van der Waals surface area (Å²) in [5.41, 5.74) is 0. The van der Waals surface area contributed by atoms with E-state index < -0.39 is 97.5 Å². The number of phosphoric acid groups is 2. The molecule has 0 saturated carbocycles. The van der Waals surface area contributed by atoms with Crippen LogP contribution in [-0.4, -0.2) is 96.7 Å². The van der Waals surface area contributed by atoms with E-state index in [2.05, 4.69) is 34.6 Å². The Hall–Kier alpha value is -1.94. The fourth-order valence-corrected chi connectivity index (χ4v) is 15.6. The molecule has 0 aliphatic rings. The number of aliphatic hydroxyl groups is 1. The van der Waals surface area contributed by atoms with Gasteiger partial charge in [-0.1, -0.05) is 433 Å². The van der Waals surface area contributed by atoms with Crippen LogP contribution in [0.3, 0.4) is 0 Å². The van der Waals surface area contributed by atoms with Gasteiger partial charge in [-0.05, 0) is 31.6 Å². The second-order valence-corrected chi connectivity index (χ2v) is 35.4. The van der Waals surface area contributed by atoms with Gasteiger partial charge < -0.3 is 33.8 Å². The van der Waals surface area contributed by atoms with Crippen LogP contribution in [0, 0.1) is 5.92 Å². The number of hydrogen-bond donors (Lipinski definition) is 3. The Balaban J connectivity index is 5.20. The maximum atomic E-state index is 13.2. The molecule has 0 bridgehead atoms. The van der Waals surface area contributed by atoms with Gasteiger partial charge >= 0.3 is 39.5 Å². The summed E-state index contributed by atoms with van der Waals surface area (Å²) in [5, 5.41) is 10.7. The van der Waals surface area contributed by atoms with Crippen molar-refractivity contribution >= 4 is 39.5 Å². The molecule has 0 aliphatic heterocycles. The standard InChI is InChI=1S/C89H174O17P2/c1-6-9-12-15-18-21-24-26-28-30-32-34-36-38-40-42-44-47-53-58-63-68-73-87(92)100-79-84(105-88(93)74-69-64-59-54-48-45-43-41-39-37-35-33-31-29-27-25-22-19-16-13-10-7-2)80-103-107(95,96)101-76-83(90)77-102-108(97,98)104-81-85(78-99-86(91)72-67-62-57-52-46-23-20-17-14-11-8-3)106-89(94)75-70-65-60-55-50-49-51-56-61-66-71-82(4)5/h82-85,90H,6-81H2,1-5H3,(H,95,96)(H,97,98)/t83-,84-,85-/m1/s1. The summed E-state index contributed by atoms with van der Waals surface area (Å²) in [7, 11) is -9.93. The van der Waals surface area contributed by atoms with Crippen molar-refractivity contribution in [3.05, 3.63) is 0 Å². The number of unbranched alkanes of at least 4 members (excludes halogenated alkanes) is 61. The molecule has 0 heterocycles. The summed E-state index contributed by atoms with van der Waals surface area (Å²) < 4.78 is 68.9. The first kappa shape index (κ1) is 106. The monoisotopic (exact) mass is 1580 g/mol. The molecule has 5 atom stereocenters. The molecule has 0 aromatic rings. The number of ether oxygens (including phenoxy) is 4. The van der Waals surface area contributed by atoms with E-state index in [1.54, 1.807) is 0 Å². The highest BCUT2D eigenvalue weighted by atomic mass is 31.2. The molecular formula is C89H174O17P2. The number of esters is 4. The summed E-state index contributed by atoms with van der Waals surface area (Å²) in [6.45, 7) is 7.35. The molecule has 17 nitrogen and oxygen atoms in total. The van der Waals surface area contributed by atoms with Crippen LogP contribution in [0.25, 0.3) is 0 Å². The number of aliphatic hydroxyl groups excluding tert-OH is 1. The van der Waals surface area contributed by atoms with Gasteiger partial charge in [0, 0.05) is 25.7 Å². The number of carbonyl (C=O) groups is 4. The van der Waals surface area contributed by atoms with Crippen molar-refractivity contribution in [2.75, 3.05) is 39.6 Å².